The number of rotatable bonds is 4. The first-order chi connectivity index (χ1) is 7.52. The van der Waals surface area contributed by atoms with Gasteiger partial charge in [0.25, 0.3) is 0 Å². The van der Waals surface area contributed by atoms with Gasteiger partial charge in [-0.15, -0.1) is 0 Å². The number of aromatic nitrogens is 1. The van der Waals surface area contributed by atoms with Crippen molar-refractivity contribution in [2.45, 2.75) is 19.4 Å². The maximum atomic E-state index is 11.4. The zero-order chi connectivity index (χ0) is 12.1. The summed E-state index contributed by atoms with van der Waals surface area (Å²) in [6.45, 7) is 1.68. The number of nitrogens with zero attached hydrogens (tertiary/aromatic N) is 1. The molecule has 6 nitrogen and oxygen atoms in total. The van der Waals surface area contributed by atoms with Gasteiger partial charge in [-0.25, -0.2) is 14.6 Å². The highest BCUT2D eigenvalue weighted by atomic mass is 79.9. The molecule has 3 N–H and O–H groups in total. The fourth-order valence-electron chi connectivity index (χ4n) is 0.942. The summed E-state index contributed by atoms with van der Waals surface area (Å²) in [5.41, 5.74) is 0. The maximum absolute atomic E-state index is 11.4. The molecule has 16 heavy (non-hydrogen) atoms. The number of thiazole rings is 1. The number of carbonyl (C=O) groups is 2. The summed E-state index contributed by atoms with van der Waals surface area (Å²) in [5.74, 6) is -1.06. The van der Waals surface area contributed by atoms with E-state index in [1.807, 2.05) is 0 Å². The summed E-state index contributed by atoms with van der Waals surface area (Å²) in [6.07, 6.45) is 1.87. The SMILES string of the molecule is CC[C@H](NC(=O)Nc1ncc(Br)s1)C(=O)O. The van der Waals surface area contributed by atoms with Gasteiger partial charge in [-0.3, -0.25) is 5.32 Å². The van der Waals surface area contributed by atoms with Gasteiger partial charge in [0.2, 0.25) is 0 Å². The number of carboxylic acid groups (broad SMARTS) is 1. The van der Waals surface area contributed by atoms with Gasteiger partial charge >= 0.3 is 12.0 Å². The molecule has 0 saturated carbocycles. The number of urea groups is 1. The topological polar surface area (TPSA) is 91.3 Å². The minimum Gasteiger partial charge on any atom is -0.480 e. The number of halogens is 1. The highest BCUT2D eigenvalue weighted by Gasteiger charge is 2.17. The normalized spacial score (nSPS) is 11.9. The van der Waals surface area contributed by atoms with Gasteiger partial charge in [0.05, 0.1) is 9.98 Å². The van der Waals surface area contributed by atoms with E-state index in [0.29, 0.717) is 11.6 Å². The van der Waals surface area contributed by atoms with E-state index in [0.717, 1.165) is 3.79 Å². The average molecular weight is 308 g/mol. The summed E-state index contributed by atoms with van der Waals surface area (Å²) in [6, 6.07) is -1.46. The summed E-state index contributed by atoms with van der Waals surface area (Å²) in [5, 5.41) is 13.9. The highest BCUT2D eigenvalue weighted by molar-refractivity contribution is 9.11. The second-order valence-corrected chi connectivity index (χ2v) is 5.28. The van der Waals surface area contributed by atoms with Crippen LogP contribution >= 0.6 is 27.3 Å². The third-order valence-electron chi connectivity index (χ3n) is 1.71. The van der Waals surface area contributed by atoms with E-state index in [1.54, 1.807) is 13.1 Å². The Hall–Kier alpha value is -1.15. The van der Waals surface area contributed by atoms with E-state index in [9.17, 15) is 9.59 Å². The molecule has 0 fully saturated rings. The Kier molecular flexibility index (Phi) is 4.69. The Morgan fingerprint density at radius 1 is 1.69 bits per heavy atom. The molecule has 2 amide bonds. The summed E-state index contributed by atoms with van der Waals surface area (Å²) in [7, 11) is 0. The third kappa shape index (κ3) is 3.78. The van der Waals surface area contributed by atoms with Crippen molar-refractivity contribution in [1.29, 1.82) is 0 Å². The Morgan fingerprint density at radius 3 is 2.81 bits per heavy atom. The molecule has 0 spiro atoms. The van der Waals surface area contributed by atoms with Gasteiger partial charge in [-0.2, -0.15) is 0 Å². The lowest BCUT2D eigenvalue weighted by atomic mass is 10.2. The second-order valence-electron chi connectivity index (χ2n) is 2.87. The Morgan fingerprint density at radius 2 is 2.38 bits per heavy atom. The summed E-state index contributed by atoms with van der Waals surface area (Å²) < 4.78 is 0.785. The van der Waals surface area contributed by atoms with Crippen LogP contribution in [0.5, 0.6) is 0 Å². The minimum atomic E-state index is -1.06. The van der Waals surface area contributed by atoms with Crippen molar-refractivity contribution in [3.63, 3.8) is 0 Å². The third-order valence-corrected chi connectivity index (χ3v) is 3.10. The van der Waals surface area contributed by atoms with E-state index in [-0.39, 0.29) is 0 Å². The van der Waals surface area contributed by atoms with E-state index in [2.05, 4.69) is 31.5 Å². The molecule has 88 valence electrons. The van der Waals surface area contributed by atoms with Crippen molar-refractivity contribution in [2.75, 3.05) is 5.32 Å². The van der Waals surface area contributed by atoms with E-state index >= 15 is 0 Å². The average Bonchev–Trinajstić information content (AvgIpc) is 2.60. The lowest BCUT2D eigenvalue weighted by molar-refractivity contribution is -0.139. The zero-order valence-electron chi connectivity index (χ0n) is 8.36. The first-order valence-electron chi connectivity index (χ1n) is 4.44. The first kappa shape index (κ1) is 12.9. The molecule has 1 aromatic rings. The van der Waals surface area contributed by atoms with E-state index < -0.39 is 18.0 Å². The molecule has 0 aromatic carbocycles. The second kappa shape index (κ2) is 5.80. The van der Waals surface area contributed by atoms with Gasteiger partial charge < -0.3 is 10.4 Å². The van der Waals surface area contributed by atoms with Crippen LogP contribution in [0.1, 0.15) is 13.3 Å². The number of hydrogen-bond donors (Lipinski definition) is 3. The van der Waals surface area contributed by atoms with Crippen LogP contribution < -0.4 is 10.6 Å². The molecular formula is C8H10BrN3O3S. The van der Waals surface area contributed by atoms with Crippen LogP contribution in [-0.4, -0.2) is 28.1 Å². The molecule has 8 heteroatoms. The Bertz CT molecular complexity index is 396. The molecule has 1 heterocycles. The van der Waals surface area contributed by atoms with Gasteiger partial charge in [0.15, 0.2) is 5.13 Å². The van der Waals surface area contributed by atoms with Crippen molar-refractivity contribution >= 4 is 44.4 Å². The lowest BCUT2D eigenvalue weighted by Gasteiger charge is -2.11. The number of aliphatic carboxylic acids is 1. The molecule has 1 rings (SSSR count). The van der Waals surface area contributed by atoms with Crippen molar-refractivity contribution in [3.8, 4) is 0 Å². The smallest absolute Gasteiger partial charge is 0.326 e. The molecule has 0 unspecified atom stereocenters. The van der Waals surface area contributed by atoms with Gasteiger partial charge in [0.1, 0.15) is 6.04 Å². The van der Waals surface area contributed by atoms with Crippen LogP contribution in [0.3, 0.4) is 0 Å². The van der Waals surface area contributed by atoms with Crippen LogP contribution in [-0.2, 0) is 4.79 Å². The van der Waals surface area contributed by atoms with E-state index in [4.69, 9.17) is 5.11 Å². The number of hydrogen-bond acceptors (Lipinski definition) is 4. The predicted molar refractivity (Wildman–Crippen MR) is 63.7 cm³/mol. The van der Waals surface area contributed by atoms with E-state index in [1.165, 1.54) is 11.3 Å². The fourth-order valence-corrected chi connectivity index (χ4v) is 2.04. The quantitative estimate of drug-likeness (QED) is 0.792. The van der Waals surface area contributed by atoms with Crippen LogP contribution in [0.4, 0.5) is 9.93 Å². The standard InChI is InChI=1S/C8H10BrN3O3S/c1-2-4(6(13)14)11-7(15)12-8-10-3-5(9)16-8/h3-4H,2H2,1H3,(H,13,14)(H2,10,11,12,15)/t4-/m0/s1. The molecule has 1 aromatic heterocycles. The molecule has 0 aliphatic carbocycles. The number of carbonyl (C=O) groups excluding carboxylic acids is 1. The monoisotopic (exact) mass is 307 g/mol. The number of anilines is 1. The Balaban J connectivity index is 2.50. The van der Waals surface area contributed by atoms with Gasteiger partial charge in [-0.05, 0) is 22.4 Å². The van der Waals surface area contributed by atoms with Crippen molar-refractivity contribution in [3.05, 3.63) is 9.98 Å². The fraction of sp³-hybridized carbons (Fsp3) is 0.375. The molecule has 0 saturated heterocycles. The van der Waals surface area contributed by atoms with Crippen LogP contribution in [0.25, 0.3) is 0 Å². The lowest BCUT2D eigenvalue weighted by Crippen LogP contribution is -2.42. The Labute approximate surface area is 104 Å². The molecule has 1 atom stereocenters. The van der Waals surface area contributed by atoms with Crippen LogP contribution in [0.2, 0.25) is 0 Å². The molecule has 0 bridgehead atoms. The predicted octanol–water partition coefficient (Wildman–Crippen LogP) is 1.89. The largest absolute Gasteiger partial charge is 0.480 e. The molecule has 0 radical (unpaired) electrons. The molecular weight excluding hydrogens is 298 g/mol. The maximum Gasteiger partial charge on any atom is 0.326 e. The van der Waals surface area contributed by atoms with Gasteiger partial charge in [0, 0.05) is 0 Å². The number of amides is 2. The van der Waals surface area contributed by atoms with Crippen LogP contribution in [0, 0.1) is 0 Å². The summed E-state index contributed by atoms with van der Waals surface area (Å²) in [4.78, 5) is 25.9. The van der Waals surface area contributed by atoms with Crippen molar-refractivity contribution < 1.29 is 14.7 Å². The van der Waals surface area contributed by atoms with Crippen LogP contribution in [0.15, 0.2) is 9.98 Å². The number of carboxylic acids is 1. The van der Waals surface area contributed by atoms with Crippen molar-refractivity contribution in [2.24, 2.45) is 0 Å². The number of nitrogens with one attached hydrogen (secondary N) is 2. The van der Waals surface area contributed by atoms with Gasteiger partial charge in [-0.1, -0.05) is 18.3 Å². The molecule has 0 aliphatic heterocycles. The molecule has 0 aliphatic rings. The minimum absolute atomic E-state index is 0.324. The van der Waals surface area contributed by atoms with Crippen molar-refractivity contribution in [1.82, 2.24) is 10.3 Å². The zero-order valence-corrected chi connectivity index (χ0v) is 10.8. The summed E-state index contributed by atoms with van der Waals surface area (Å²) >= 11 is 4.45. The highest BCUT2D eigenvalue weighted by Crippen LogP contribution is 2.22. The first-order valence-corrected chi connectivity index (χ1v) is 6.05.